The van der Waals surface area contributed by atoms with Crippen molar-refractivity contribution in [3.05, 3.63) is 56.7 Å². The van der Waals surface area contributed by atoms with Gasteiger partial charge in [0.15, 0.2) is 0 Å². The number of ether oxygens (including phenoxy) is 1. The number of nitrogens with one attached hydrogen (secondary N) is 2. The van der Waals surface area contributed by atoms with Crippen molar-refractivity contribution in [2.24, 2.45) is 5.73 Å². The number of nitrogens with zero attached hydrogens (tertiary/aromatic N) is 1. The lowest BCUT2D eigenvalue weighted by Crippen LogP contribution is -2.25. The summed E-state index contributed by atoms with van der Waals surface area (Å²) in [6, 6.07) is 6.17. The zero-order valence-corrected chi connectivity index (χ0v) is 14.0. The lowest BCUT2D eigenvalue weighted by atomic mass is 10.2. The zero-order valence-electron chi connectivity index (χ0n) is 13.3. The van der Waals surface area contributed by atoms with Crippen LogP contribution in [0.5, 0.6) is 5.75 Å². The van der Waals surface area contributed by atoms with E-state index >= 15 is 0 Å². The Kier molecular flexibility index (Phi) is 6.34. The molecule has 1 aromatic carbocycles. The standard InChI is InChI=1S/C16H19ClN4O3/c1-10-7-15(22)21-14(20-10)9-19-16(23)11-3-4-13(12(17)8-11)24-6-2-5-18/h3-4,7-8H,2,5-6,9,18H2,1H3,(H,19,23)(H,20,21,22). The van der Waals surface area contributed by atoms with Crippen molar-refractivity contribution in [3.63, 3.8) is 0 Å². The van der Waals surface area contributed by atoms with Crippen LogP contribution in [0, 0.1) is 6.92 Å². The van der Waals surface area contributed by atoms with Crippen LogP contribution in [0.3, 0.4) is 0 Å². The highest BCUT2D eigenvalue weighted by atomic mass is 35.5. The number of H-pyrrole nitrogens is 1. The van der Waals surface area contributed by atoms with Crippen molar-refractivity contribution >= 4 is 17.5 Å². The van der Waals surface area contributed by atoms with Gasteiger partial charge in [-0.3, -0.25) is 9.59 Å². The van der Waals surface area contributed by atoms with E-state index in [-0.39, 0.29) is 18.0 Å². The van der Waals surface area contributed by atoms with E-state index < -0.39 is 0 Å². The second-order valence-electron chi connectivity index (χ2n) is 5.15. The molecular weight excluding hydrogens is 332 g/mol. The number of hydrogen-bond acceptors (Lipinski definition) is 5. The highest BCUT2D eigenvalue weighted by Gasteiger charge is 2.10. The molecule has 1 amide bonds. The Hall–Kier alpha value is -2.38. The van der Waals surface area contributed by atoms with E-state index in [1.54, 1.807) is 19.1 Å². The van der Waals surface area contributed by atoms with Gasteiger partial charge < -0.3 is 20.8 Å². The fourth-order valence-electron chi connectivity index (χ4n) is 2.02. The number of carbonyl (C=O) groups is 1. The minimum Gasteiger partial charge on any atom is -0.492 e. The predicted octanol–water partition coefficient (Wildman–Crippen LogP) is 1.39. The average molecular weight is 351 g/mol. The Morgan fingerprint density at radius 2 is 2.21 bits per heavy atom. The number of benzene rings is 1. The maximum atomic E-state index is 12.2. The summed E-state index contributed by atoms with van der Waals surface area (Å²) < 4.78 is 5.47. The van der Waals surface area contributed by atoms with Crippen molar-refractivity contribution < 1.29 is 9.53 Å². The van der Waals surface area contributed by atoms with Crippen molar-refractivity contribution in [1.82, 2.24) is 15.3 Å². The van der Waals surface area contributed by atoms with Gasteiger partial charge in [0.25, 0.3) is 11.5 Å². The molecule has 0 spiro atoms. The molecular formula is C16H19ClN4O3. The number of nitrogens with two attached hydrogens (primary N) is 1. The van der Waals surface area contributed by atoms with Gasteiger partial charge in [-0.1, -0.05) is 11.6 Å². The minimum absolute atomic E-state index is 0.113. The Morgan fingerprint density at radius 1 is 1.42 bits per heavy atom. The molecule has 0 aliphatic carbocycles. The first-order valence-corrected chi connectivity index (χ1v) is 7.85. The average Bonchev–Trinajstić information content (AvgIpc) is 2.53. The van der Waals surface area contributed by atoms with Crippen molar-refractivity contribution in [2.45, 2.75) is 19.9 Å². The summed E-state index contributed by atoms with van der Waals surface area (Å²) in [6.45, 7) is 2.83. The van der Waals surface area contributed by atoms with Gasteiger partial charge in [0, 0.05) is 17.3 Å². The largest absolute Gasteiger partial charge is 0.492 e. The fourth-order valence-corrected chi connectivity index (χ4v) is 2.25. The summed E-state index contributed by atoms with van der Waals surface area (Å²) in [5.74, 6) is 0.571. The summed E-state index contributed by atoms with van der Waals surface area (Å²) in [6.07, 6.45) is 0.722. The highest BCUT2D eigenvalue weighted by Crippen LogP contribution is 2.25. The van der Waals surface area contributed by atoms with Crippen LogP contribution in [0.2, 0.25) is 5.02 Å². The first-order valence-electron chi connectivity index (χ1n) is 7.47. The monoisotopic (exact) mass is 350 g/mol. The number of aromatic amines is 1. The van der Waals surface area contributed by atoms with Gasteiger partial charge in [0.05, 0.1) is 18.2 Å². The number of hydrogen-bond donors (Lipinski definition) is 3. The maximum absolute atomic E-state index is 12.2. The Bertz CT molecular complexity index is 776. The van der Waals surface area contributed by atoms with Crippen LogP contribution in [0.4, 0.5) is 0 Å². The molecule has 0 saturated heterocycles. The van der Waals surface area contributed by atoms with E-state index in [0.717, 1.165) is 6.42 Å². The van der Waals surface area contributed by atoms with Gasteiger partial charge >= 0.3 is 0 Å². The number of aryl methyl sites for hydroxylation is 1. The van der Waals surface area contributed by atoms with Crippen LogP contribution in [0.15, 0.2) is 29.1 Å². The minimum atomic E-state index is -0.324. The second-order valence-corrected chi connectivity index (χ2v) is 5.56. The van der Waals surface area contributed by atoms with Crippen molar-refractivity contribution in [1.29, 1.82) is 0 Å². The van der Waals surface area contributed by atoms with Gasteiger partial charge in [-0.15, -0.1) is 0 Å². The Morgan fingerprint density at radius 3 is 2.88 bits per heavy atom. The van der Waals surface area contributed by atoms with Gasteiger partial charge in [0.2, 0.25) is 0 Å². The Labute approximate surface area is 144 Å². The normalized spacial score (nSPS) is 10.5. The lowest BCUT2D eigenvalue weighted by molar-refractivity contribution is 0.0949. The molecule has 7 nitrogen and oxygen atoms in total. The van der Waals surface area contributed by atoms with Crippen molar-refractivity contribution in [2.75, 3.05) is 13.2 Å². The molecule has 1 heterocycles. The van der Waals surface area contributed by atoms with Gasteiger partial charge in [-0.05, 0) is 38.1 Å². The van der Waals surface area contributed by atoms with Crippen LogP contribution < -0.4 is 21.3 Å². The SMILES string of the molecule is Cc1cc(=O)[nH]c(CNC(=O)c2ccc(OCCCN)c(Cl)c2)n1. The molecule has 0 atom stereocenters. The number of rotatable bonds is 7. The molecule has 0 aliphatic heterocycles. The lowest BCUT2D eigenvalue weighted by Gasteiger charge is -2.09. The van der Waals surface area contributed by atoms with Crippen LogP contribution in [-0.2, 0) is 6.54 Å². The first-order chi connectivity index (χ1) is 11.5. The Balaban J connectivity index is 1.99. The first kappa shape index (κ1) is 18.0. The molecule has 128 valence electrons. The third kappa shape index (κ3) is 5.07. The van der Waals surface area contributed by atoms with E-state index in [9.17, 15) is 9.59 Å². The second kappa shape index (κ2) is 8.47. The molecule has 4 N–H and O–H groups in total. The molecule has 0 radical (unpaired) electrons. The highest BCUT2D eigenvalue weighted by molar-refractivity contribution is 6.32. The molecule has 8 heteroatoms. The summed E-state index contributed by atoms with van der Waals surface area (Å²) in [5, 5.41) is 3.03. The van der Waals surface area contributed by atoms with Crippen LogP contribution in [0.25, 0.3) is 0 Å². The number of carbonyl (C=O) groups excluding carboxylic acids is 1. The van der Waals surface area contributed by atoms with Gasteiger partial charge in [0.1, 0.15) is 11.6 Å². The van der Waals surface area contributed by atoms with Gasteiger partial charge in [-0.25, -0.2) is 4.98 Å². The van der Waals surface area contributed by atoms with Crippen LogP contribution in [0.1, 0.15) is 28.3 Å². The maximum Gasteiger partial charge on any atom is 0.251 e. The van der Waals surface area contributed by atoms with E-state index in [0.29, 0.717) is 41.0 Å². The third-order valence-corrected chi connectivity index (χ3v) is 3.43. The third-order valence-electron chi connectivity index (χ3n) is 3.14. The number of aromatic nitrogens is 2. The van der Waals surface area contributed by atoms with E-state index in [1.165, 1.54) is 12.1 Å². The molecule has 1 aromatic heterocycles. The van der Waals surface area contributed by atoms with Crippen LogP contribution in [-0.4, -0.2) is 29.0 Å². The molecule has 0 fully saturated rings. The number of halogens is 1. The number of amides is 1. The topological polar surface area (TPSA) is 110 Å². The summed E-state index contributed by atoms with van der Waals surface area (Å²) in [7, 11) is 0. The molecule has 0 bridgehead atoms. The molecule has 0 unspecified atom stereocenters. The van der Waals surface area contributed by atoms with Crippen LogP contribution >= 0.6 is 11.6 Å². The predicted molar refractivity (Wildman–Crippen MR) is 91.4 cm³/mol. The molecule has 0 aliphatic rings. The van der Waals surface area contributed by atoms with E-state index in [2.05, 4.69) is 15.3 Å². The quantitative estimate of drug-likeness (QED) is 0.653. The summed E-state index contributed by atoms with van der Waals surface area (Å²) in [5.41, 5.74) is 6.12. The smallest absolute Gasteiger partial charge is 0.251 e. The summed E-state index contributed by atoms with van der Waals surface area (Å²) >= 11 is 6.12. The fraction of sp³-hybridized carbons (Fsp3) is 0.312. The van der Waals surface area contributed by atoms with E-state index in [1.807, 2.05) is 0 Å². The van der Waals surface area contributed by atoms with Gasteiger partial charge in [-0.2, -0.15) is 0 Å². The molecule has 2 aromatic rings. The molecule has 0 saturated carbocycles. The molecule has 2 rings (SSSR count). The van der Waals surface area contributed by atoms with E-state index in [4.69, 9.17) is 22.1 Å². The summed E-state index contributed by atoms with van der Waals surface area (Å²) in [4.78, 5) is 30.2. The van der Waals surface area contributed by atoms with Crippen molar-refractivity contribution in [3.8, 4) is 5.75 Å². The zero-order chi connectivity index (χ0) is 17.5. The molecule has 24 heavy (non-hydrogen) atoms.